The molecule has 2 aromatic heterocycles. The number of thiophene rings is 1. The highest BCUT2D eigenvalue weighted by Crippen LogP contribution is 2.16. The van der Waals surface area contributed by atoms with E-state index in [9.17, 15) is 0 Å². The summed E-state index contributed by atoms with van der Waals surface area (Å²) in [6.45, 7) is 2.99. The lowest BCUT2D eigenvalue weighted by molar-refractivity contribution is 0.768. The molecule has 2 aromatic rings. The number of aromatic nitrogens is 2. The number of rotatable bonds is 3. The molecule has 74 valence electrons. The first kappa shape index (κ1) is 9.27. The van der Waals surface area contributed by atoms with Gasteiger partial charge >= 0.3 is 0 Å². The number of anilines is 1. The van der Waals surface area contributed by atoms with E-state index in [1.807, 2.05) is 19.3 Å². The van der Waals surface area contributed by atoms with Crippen molar-refractivity contribution in [3.63, 3.8) is 0 Å². The van der Waals surface area contributed by atoms with Crippen LogP contribution in [0.2, 0.25) is 0 Å². The molecule has 0 aliphatic carbocycles. The number of hydrogen-bond acceptors (Lipinski definition) is 3. The number of aryl methyl sites for hydroxylation is 2. The Morgan fingerprint density at radius 3 is 2.93 bits per heavy atom. The van der Waals surface area contributed by atoms with Gasteiger partial charge in [0.25, 0.3) is 0 Å². The van der Waals surface area contributed by atoms with Crippen LogP contribution in [0.25, 0.3) is 0 Å². The SMILES string of the molecule is Cc1ccsc1CNc1ccn(C)n1. The van der Waals surface area contributed by atoms with Gasteiger partial charge in [0.15, 0.2) is 0 Å². The van der Waals surface area contributed by atoms with Crippen LogP contribution in [0.15, 0.2) is 23.7 Å². The van der Waals surface area contributed by atoms with E-state index >= 15 is 0 Å². The van der Waals surface area contributed by atoms with Crippen molar-refractivity contribution >= 4 is 17.2 Å². The summed E-state index contributed by atoms with van der Waals surface area (Å²) in [6.07, 6.45) is 1.93. The molecule has 14 heavy (non-hydrogen) atoms. The molecule has 1 N–H and O–H groups in total. The van der Waals surface area contributed by atoms with Gasteiger partial charge in [0.05, 0.1) is 6.54 Å². The van der Waals surface area contributed by atoms with E-state index in [1.54, 1.807) is 16.0 Å². The highest BCUT2D eigenvalue weighted by atomic mass is 32.1. The Morgan fingerprint density at radius 2 is 2.36 bits per heavy atom. The van der Waals surface area contributed by atoms with Crippen molar-refractivity contribution in [3.05, 3.63) is 34.2 Å². The fourth-order valence-corrected chi connectivity index (χ4v) is 2.11. The van der Waals surface area contributed by atoms with Crippen LogP contribution >= 0.6 is 11.3 Å². The summed E-state index contributed by atoms with van der Waals surface area (Å²) in [6, 6.07) is 4.11. The second-order valence-corrected chi connectivity index (χ2v) is 4.26. The predicted molar refractivity (Wildman–Crippen MR) is 59.6 cm³/mol. The maximum Gasteiger partial charge on any atom is 0.148 e. The quantitative estimate of drug-likeness (QED) is 0.837. The fraction of sp³-hybridized carbons (Fsp3) is 0.300. The average Bonchev–Trinajstić information content (AvgIpc) is 2.72. The van der Waals surface area contributed by atoms with E-state index in [4.69, 9.17) is 0 Å². The largest absolute Gasteiger partial charge is 0.364 e. The van der Waals surface area contributed by atoms with E-state index in [1.165, 1.54) is 10.4 Å². The van der Waals surface area contributed by atoms with Crippen molar-refractivity contribution in [1.29, 1.82) is 0 Å². The third-order valence-electron chi connectivity index (χ3n) is 2.11. The molecule has 3 nitrogen and oxygen atoms in total. The molecule has 0 atom stereocenters. The highest BCUT2D eigenvalue weighted by Gasteiger charge is 2.00. The topological polar surface area (TPSA) is 29.9 Å². The first-order valence-corrected chi connectivity index (χ1v) is 5.40. The predicted octanol–water partition coefficient (Wildman–Crippen LogP) is 2.40. The van der Waals surface area contributed by atoms with E-state index in [0.29, 0.717) is 0 Å². The molecule has 0 aromatic carbocycles. The Bertz CT molecular complexity index is 416. The van der Waals surface area contributed by atoms with Crippen LogP contribution in [0.5, 0.6) is 0 Å². The standard InChI is InChI=1S/C10H13N3S/c1-8-4-6-14-9(8)7-11-10-3-5-13(2)12-10/h3-6H,7H2,1-2H3,(H,11,12). The van der Waals surface area contributed by atoms with Crippen molar-refractivity contribution in [2.45, 2.75) is 13.5 Å². The Labute approximate surface area is 87.4 Å². The van der Waals surface area contributed by atoms with Crippen LogP contribution in [0.3, 0.4) is 0 Å². The van der Waals surface area contributed by atoms with Gasteiger partial charge in [-0.1, -0.05) is 0 Å². The summed E-state index contributed by atoms with van der Waals surface area (Å²) in [5.74, 6) is 0.931. The zero-order valence-corrected chi connectivity index (χ0v) is 9.14. The Morgan fingerprint density at radius 1 is 1.50 bits per heavy atom. The van der Waals surface area contributed by atoms with Gasteiger partial charge in [0, 0.05) is 24.2 Å². The smallest absolute Gasteiger partial charge is 0.148 e. The zero-order chi connectivity index (χ0) is 9.97. The molecule has 0 saturated heterocycles. The maximum absolute atomic E-state index is 4.25. The van der Waals surface area contributed by atoms with E-state index in [0.717, 1.165) is 12.4 Å². The minimum Gasteiger partial charge on any atom is -0.364 e. The summed E-state index contributed by atoms with van der Waals surface area (Å²) in [5.41, 5.74) is 1.35. The number of hydrogen-bond donors (Lipinski definition) is 1. The van der Waals surface area contributed by atoms with Crippen molar-refractivity contribution < 1.29 is 0 Å². The number of nitrogens with zero attached hydrogens (tertiary/aromatic N) is 2. The van der Waals surface area contributed by atoms with Crippen molar-refractivity contribution in [2.24, 2.45) is 7.05 Å². The van der Waals surface area contributed by atoms with Crippen LogP contribution in [-0.4, -0.2) is 9.78 Å². The second kappa shape index (κ2) is 3.84. The highest BCUT2D eigenvalue weighted by molar-refractivity contribution is 7.10. The molecule has 0 bridgehead atoms. The molecule has 0 radical (unpaired) electrons. The number of nitrogens with one attached hydrogen (secondary N) is 1. The van der Waals surface area contributed by atoms with Gasteiger partial charge in [-0.15, -0.1) is 11.3 Å². The summed E-state index contributed by atoms with van der Waals surface area (Å²) in [5, 5.41) is 9.65. The van der Waals surface area contributed by atoms with Gasteiger partial charge in [-0.05, 0) is 23.9 Å². The minimum absolute atomic E-state index is 0.862. The lowest BCUT2D eigenvalue weighted by Gasteiger charge is -2.01. The van der Waals surface area contributed by atoms with Gasteiger partial charge in [-0.3, -0.25) is 4.68 Å². The van der Waals surface area contributed by atoms with Crippen molar-refractivity contribution in [1.82, 2.24) is 9.78 Å². The van der Waals surface area contributed by atoms with E-state index < -0.39 is 0 Å². The third kappa shape index (κ3) is 1.96. The molecule has 0 aliphatic heterocycles. The molecule has 4 heteroatoms. The van der Waals surface area contributed by atoms with E-state index in [-0.39, 0.29) is 0 Å². The molecule has 0 spiro atoms. The molecule has 2 rings (SSSR count). The maximum atomic E-state index is 4.25. The molecular formula is C10H13N3S. The van der Waals surface area contributed by atoms with Crippen LogP contribution < -0.4 is 5.32 Å². The van der Waals surface area contributed by atoms with Crippen LogP contribution in [-0.2, 0) is 13.6 Å². The Balaban J connectivity index is 1.98. The lowest BCUT2D eigenvalue weighted by Crippen LogP contribution is -2.00. The third-order valence-corrected chi connectivity index (χ3v) is 3.13. The van der Waals surface area contributed by atoms with E-state index in [2.05, 4.69) is 28.8 Å². The summed E-state index contributed by atoms with van der Waals surface area (Å²) < 4.78 is 1.80. The lowest BCUT2D eigenvalue weighted by atomic mass is 10.3. The molecular weight excluding hydrogens is 194 g/mol. The Kier molecular flexibility index (Phi) is 2.54. The van der Waals surface area contributed by atoms with Crippen LogP contribution in [0.4, 0.5) is 5.82 Å². The summed E-state index contributed by atoms with van der Waals surface area (Å²) >= 11 is 1.78. The molecule has 0 saturated carbocycles. The molecule has 0 unspecified atom stereocenters. The zero-order valence-electron chi connectivity index (χ0n) is 8.32. The fourth-order valence-electron chi connectivity index (χ4n) is 1.27. The van der Waals surface area contributed by atoms with Gasteiger partial charge in [0.2, 0.25) is 0 Å². The molecule has 0 amide bonds. The van der Waals surface area contributed by atoms with Crippen LogP contribution in [0, 0.1) is 6.92 Å². The second-order valence-electron chi connectivity index (χ2n) is 3.25. The molecule has 0 aliphatic rings. The van der Waals surface area contributed by atoms with Gasteiger partial charge in [-0.2, -0.15) is 5.10 Å². The normalized spacial score (nSPS) is 10.4. The first-order valence-electron chi connectivity index (χ1n) is 4.52. The minimum atomic E-state index is 0.862. The molecule has 2 heterocycles. The first-order chi connectivity index (χ1) is 6.75. The average molecular weight is 207 g/mol. The van der Waals surface area contributed by atoms with Gasteiger partial charge < -0.3 is 5.32 Å². The van der Waals surface area contributed by atoms with Crippen molar-refractivity contribution in [3.8, 4) is 0 Å². The van der Waals surface area contributed by atoms with Gasteiger partial charge in [-0.25, -0.2) is 0 Å². The summed E-state index contributed by atoms with van der Waals surface area (Å²) in [7, 11) is 1.92. The van der Waals surface area contributed by atoms with Crippen LogP contribution in [0.1, 0.15) is 10.4 Å². The molecule has 0 fully saturated rings. The van der Waals surface area contributed by atoms with Gasteiger partial charge in [0.1, 0.15) is 5.82 Å². The van der Waals surface area contributed by atoms with Crippen molar-refractivity contribution in [2.75, 3.05) is 5.32 Å². The Hall–Kier alpha value is -1.29. The summed E-state index contributed by atoms with van der Waals surface area (Å²) in [4.78, 5) is 1.37. The monoisotopic (exact) mass is 207 g/mol.